The van der Waals surface area contributed by atoms with Crippen LogP contribution in [-0.2, 0) is 20.0 Å². The number of nitrogens with zero attached hydrogens (tertiary/aromatic N) is 4. The Hall–Kier alpha value is -3.16. The summed E-state index contributed by atoms with van der Waals surface area (Å²) >= 11 is 0.919. The highest BCUT2D eigenvalue weighted by Gasteiger charge is 2.20. The van der Waals surface area contributed by atoms with Crippen molar-refractivity contribution in [1.29, 1.82) is 0 Å². The molecule has 0 fully saturated rings. The van der Waals surface area contributed by atoms with Gasteiger partial charge in [-0.05, 0) is 42.5 Å². The minimum atomic E-state index is -3.94. The SMILES string of the molecule is O=S(=O)(Nc1ncccn1)c1ccc(NS(=O)(=O)c2cccc3nsnc23)cc1. The maximum Gasteiger partial charge on any atom is 0.264 e. The summed E-state index contributed by atoms with van der Waals surface area (Å²) in [5.74, 6) is -0.0674. The van der Waals surface area contributed by atoms with Gasteiger partial charge in [0.15, 0.2) is 0 Å². The fraction of sp³-hybridized carbons (Fsp3) is 0. The van der Waals surface area contributed by atoms with Gasteiger partial charge in [-0.15, -0.1) is 0 Å². The molecule has 2 aromatic heterocycles. The zero-order valence-electron chi connectivity index (χ0n) is 14.4. The van der Waals surface area contributed by atoms with Crippen LogP contribution in [0.2, 0.25) is 0 Å². The summed E-state index contributed by atoms with van der Waals surface area (Å²) < 4.78 is 62.9. The molecule has 0 atom stereocenters. The van der Waals surface area contributed by atoms with E-state index in [1.807, 2.05) is 0 Å². The number of hydrogen-bond acceptors (Lipinski definition) is 9. The fourth-order valence-corrected chi connectivity index (χ4v) is 5.23. The van der Waals surface area contributed by atoms with E-state index >= 15 is 0 Å². The quantitative estimate of drug-likeness (QED) is 0.456. The van der Waals surface area contributed by atoms with Crippen LogP contribution in [0.4, 0.5) is 11.6 Å². The molecule has 0 saturated heterocycles. The first-order valence-corrected chi connectivity index (χ1v) is 11.7. The smallest absolute Gasteiger partial charge is 0.264 e. The summed E-state index contributed by atoms with van der Waals surface area (Å²) in [6.45, 7) is 0. The molecule has 13 heteroatoms. The zero-order valence-corrected chi connectivity index (χ0v) is 16.9. The van der Waals surface area contributed by atoms with Crippen LogP contribution in [0.3, 0.4) is 0 Å². The Bertz CT molecular complexity index is 1370. The monoisotopic (exact) mass is 448 g/mol. The number of anilines is 2. The van der Waals surface area contributed by atoms with E-state index in [2.05, 4.69) is 28.2 Å². The third kappa shape index (κ3) is 4.01. The van der Waals surface area contributed by atoms with Crippen molar-refractivity contribution in [3.05, 3.63) is 60.9 Å². The zero-order chi connectivity index (χ0) is 20.5. The molecule has 148 valence electrons. The molecule has 0 aliphatic carbocycles. The van der Waals surface area contributed by atoms with Gasteiger partial charge in [-0.25, -0.2) is 31.5 Å². The fourth-order valence-electron chi connectivity index (χ4n) is 2.44. The summed E-state index contributed by atoms with van der Waals surface area (Å²) in [7, 11) is -7.85. The lowest BCUT2D eigenvalue weighted by atomic mass is 10.3. The molecule has 4 aromatic rings. The van der Waals surface area contributed by atoms with Crippen molar-refractivity contribution in [2.75, 3.05) is 9.44 Å². The van der Waals surface area contributed by atoms with Crippen molar-refractivity contribution < 1.29 is 16.8 Å². The summed E-state index contributed by atoms with van der Waals surface area (Å²) in [5, 5.41) is 0. The van der Waals surface area contributed by atoms with Crippen LogP contribution in [0.25, 0.3) is 11.0 Å². The molecular weight excluding hydrogens is 436 g/mol. The van der Waals surface area contributed by atoms with Crippen LogP contribution < -0.4 is 9.44 Å². The number of fused-ring (bicyclic) bond motifs is 1. The second kappa shape index (κ2) is 7.35. The van der Waals surface area contributed by atoms with Gasteiger partial charge in [-0.1, -0.05) is 6.07 Å². The maximum atomic E-state index is 12.7. The number of hydrogen-bond donors (Lipinski definition) is 2. The van der Waals surface area contributed by atoms with Gasteiger partial charge in [-0.2, -0.15) is 8.75 Å². The highest BCUT2D eigenvalue weighted by Crippen LogP contribution is 2.24. The summed E-state index contributed by atoms with van der Waals surface area (Å²) in [5.41, 5.74) is 0.949. The molecule has 2 aromatic carbocycles. The van der Waals surface area contributed by atoms with Gasteiger partial charge in [0.25, 0.3) is 20.0 Å². The third-order valence-electron chi connectivity index (χ3n) is 3.75. The molecule has 0 amide bonds. The first-order valence-electron chi connectivity index (χ1n) is 7.99. The Morgan fingerprint density at radius 3 is 2.21 bits per heavy atom. The van der Waals surface area contributed by atoms with Crippen molar-refractivity contribution >= 4 is 54.4 Å². The number of nitrogens with one attached hydrogen (secondary N) is 2. The molecule has 4 rings (SSSR count). The van der Waals surface area contributed by atoms with Gasteiger partial charge in [0.1, 0.15) is 15.9 Å². The Labute approximate surface area is 170 Å². The van der Waals surface area contributed by atoms with Gasteiger partial charge in [-0.3, -0.25) is 4.72 Å². The van der Waals surface area contributed by atoms with Gasteiger partial charge in [0, 0.05) is 18.1 Å². The lowest BCUT2D eigenvalue weighted by Gasteiger charge is -2.10. The normalized spacial score (nSPS) is 12.0. The van der Waals surface area contributed by atoms with Crippen molar-refractivity contribution in [2.24, 2.45) is 0 Å². The summed E-state index contributed by atoms with van der Waals surface area (Å²) in [6, 6.07) is 11.5. The minimum Gasteiger partial charge on any atom is -0.280 e. The van der Waals surface area contributed by atoms with E-state index in [0.29, 0.717) is 5.52 Å². The van der Waals surface area contributed by atoms with Crippen LogP contribution in [0.15, 0.2) is 70.7 Å². The van der Waals surface area contributed by atoms with Crippen LogP contribution >= 0.6 is 11.7 Å². The maximum absolute atomic E-state index is 12.7. The summed E-state index contributed by atoms with van der Waals surface area (Å²) in [4.78, 5) is 7.53. The van der Waals surface area contributed by atoms with E-state index < -0.39 is 20.0 Å². The minimum absolute atomic E-state index is 0.0108. The molecule has 0 bridgehead atoms. The Balaban J connectivity index is 1.57. The molecule has 2 heterocycles. The van der Waals surface area contributed by atoms with Gasteiger partial charge >= 0.3 is 0 Å². The highest BCUT2D eigenvalue weighted by molar-refractivity contribution is 7.93. The Morgan fingerprint density at radius 1 is 0.759 bits per heavy atom. The van der Waals surface area contributed by atoms with Crippen LogP contribution in [-0.4, -0.2) is 35.6 Å². The molecule has 0 unspecified atom stereocenters. The molecule has 10 nitrogen and oxygen atoms in total. The van der Waals surface area contributed by atoms with E-state index in [-0.39, 0.29) is 26.9 Å². The van der Waals surface area contributed by atoms with Crippen molar-refractivity contribution in [1.82, 2.24) is 18.7 Å². The molecule has 0 aliphatic rings. The van der Waals surface area contributed by atoms with Crippen LogP contribution in [0, 0.1) is 0 Å². The predicted octanol–water partition coefficient (Wildman–Crippen LogP) is 2.08. The lowest BCUT2D eigenvalue weighted by molar-refractivity contribution is 0.600. The molecule has 0 aliphatic heterocycles. The standard InChI is InChI=1S/C16H12N6O4S3/c23-28(24,22-16-17-9-2-10-18-16)12-7-5-11(6-8-12)21-29(25,26)14-4-1-3-13-15(14)20-27-19-13/h1-10,21H,(H,17,18,22). The van der Waals surface area contributed by atoms with Crippen LogP contribution in [0.5, 0.6) is 0 Å². The number of sulfonamides is 2. The highest BCUT2D eigenvalue weighted by atomic mass is 32.2. The van der Waals surface area contributed by atoms with E-state index in [0.717, 1.165) is 11.7 Å². The van der Waals surface area contributed by atoms with E-state index in [4.69, 9.17) is 0 Å². The van der Waals surface area contributed by atoms with Crippen molar-refractivity contribution in [3.8, 4) is 0 Å². The predicted molar refractivity (Wildman–Crippen MR) is 108 cm³/mol. The summed E-state index contributed by atoms with van der Waals surface area (Å²) in [6.07, 6.45) is 2.81. The molecule has 29 heavy (non-hydrogen) atoms. The second-order valence-corrected chi connectivity index (χ2v) is 9.56. The van der Waals surface area contributed by atoms with Crippen LogP contribution in [0.1, 0.15) is 0 Å². The number of rotatable bonds is 6. The van der Waals surface area contributed by atoms with E-state index in [9.17, 15) is 16.8 Å². The van der Waals surface area contributed by atoms with Crippen molar-refractivity contribution in [3.63, 3.8) is 0 Å². The van der Waals surface area contributed by atoms with Gasteiger partial charge in [0.05, 0.1) is 16.6 Å². The first kappa shape index (κ1) is 19.2. The number of benzene rings is 2. The second-order valence-electron chi connectivity index (χ2n) is 5.70. The third-order valence-corrected chi connectivity index (χ3v) is 7.05. The lowest BCUT2D eigenvalue weighted by Crippen LogP contribution is -2.16. The molecule has 0 radical (unpaired) electrons. The van der Waals surface area contributed by atoms with Gasteiger partial charge in [0.2, 0.25) is 5.95 Å². The largest absolute Gasteiger partial charge is 0.280 e. The average Bonchev–Trinajstić information content (AvgIpc) is 3.17. The molecular formula is C16H12N6O4S3. The first-order chi connectivity index (χ1) is 13.9. The average molecular weight is 449 g/mol. The molecule has 2 N–H and O–H groups in total. The van der Waals surface area contributed by atoms with Crippen molar-refractivity contribution in [2.45, 2.75) is 9.79 Å². The molecule has 0 saturated carbocycles. The van der Waals surface area contributed by atoms with Gasteiger partial charge < -0.3 is 0 Å². The topological polar surface area (TPSA) is 144 Å². The van der Waals surface area contributed by atoms with E-state index in [1.54, 1.807) is 18.2 Å². The number of aromatic nitrogens is 4. The molecule has 0 spiro atoms. The van der Waals surface area contributed by atoms with E-state index in [1.165, 1.54) is 42.7 Å². The Kier molecular flexibility index (Phi) is 4.86. The Morgan fingerprint density at radius 2 is 1.48 bits per heavy atom.